The highest BCUT2D eigenvalue weighted by atomic mass is 32.2. The first-order valence-electron chi connectivity index (χ1n) is 9.82. The summed E-state index contributed by atoms with van der Waals surface area (Å²) < 4.78 is 36.4. The number of halogens is 2. The van der Waals surface area contributed by atoms with Crippen LogP contribution in [0.25, 0.3) is 0 Å². The number of nitrogens with two attached hydrogens (primary N) is 2. The van der Waals surface area contributed by atoms with Gasteiger partial charge in [-0.1, -0.05) is 17.8 Å². The second-order valence-corrected chi connectivity index (χ2v) is 8.68. The highest BCUT2D eigenvalue weighted by Gasteiger charge is 2.35. The van der Waals surface area contributed by atoms with Crippen molar-refractivity contribution in [1.82, 2.24) is 9.78 Å². The standard InChI is InChI=1S/C20H26F2N6OS/c1-26-19(27-8-6-14(23)16(29-2)7-9-27)15(10-25-26)28-11-17(24)30-20(28)18-12(21)4-3-5-13(18)22/h3-5,10-11,14,16,20H,6-9,23-24H2,1-2H3. The van der Waals surface area contributed by atoms with Gasteiger partial charge in [0.05, 0.1) is 22.9 Å². The molecule has 2 aromatic rings. The molecule has 3 atom stereocenters. The van der Waals surface area contributed by atoms with Gasteiger partial charge in [0.1, 0.15) is 22.7 Å². The molecule has 4 N–H and O–H groups in total. The molecule has 2 aliphatic heterocycles. The molecular formula is C20H26F2N6OS. The van der Waals surface area contributed by atoms with E-state index in [1.165, 1.54) is 30.0 Å². The van der Waals surface area contributed by atoms with Gasteiger partial charge in [0.15, 0.2) is 5.82 Å². The SMILES string of the molecule is COC1CCN(c2c(N3C=C(N)SC3c3c(F)cccc3F)cnn2C)CCC1N. The number of aryl methyl sites for hydroxylation is 1. The Hall–Kier alpha value is -2.30. The monoisotopic (exact) mass is 436 g/mol. The molecule has 4 rings (SSSR count). The summed E-state index contributed by atoms with van der Waals surface area (Å²) in [6, 6.07) is 3.83. The number of rotatable bonds is 4. The van der Waals surface area contributed by atoms with Crippen LogP contribution in [-0.2, 0) is 11.8 Å². The molecule has 0 aliphatic carbocycles. The summed E-state index contributed by atoms with van der Waals surface area (Å²) in [5, 5.41) is 4.25. The number of anilines is 2. The predicted octanol–water partition coefficient (Wildman–Crippen LogP) is 2.65. The van der Waals surface area contributed by atoms with E-state index in [-0.39, 0.29) is 17.7 Å². The van der Waals surface area contributed by atoms with E-state index < -0.39 is 17.0 Å². The summed E-state index contributed by atoms with van der Waals surface area (Å²) in [6.07, 6.45) is 4.95. The van der Waals surface area contributed by atoms with Crippen LogP contribution in [0.4, 0.5) is 20.3 Å². The van der Waals surface area contributed by atoms with Crippen LogP contribution in [0.15, 0.2) is 35.6 Å². The van der Waals surface area contributed by atoms with Gasteiger partial charge in [-0.2, -0.15) is 5.10 Å². The fourth-order valence-corrected chi connectivity index (χ4v) is 5.20. The summed E-state index contributed by atoms with van der Waals surface area (Å²) in [6.45, 7) is 1.46. The molecule has 30 heavy (non-hydrogen) atoms. The number of benzene rings is 1. The molecule has 0 spiro atoms. The third-order valence-corrected chi connectivity index (χ3v) is 6.74. The summed E-state index contributed by atoms with van der Waals surface area (Å²) in [5.74, 6) is -0.350. The van der Waals surface area contributed by atoms with Gasteiger partial charge in [-0.3, -0.25) is 4.68 Å². The van der Waals surface area contributed by atoms with Crippen LogP contribution in [0, 0.1) is 11.6 Å². The Balaban J connectivity index is 1.71. The molecule has 3 unspecified atom stereocenters. The van der Waals surface area contributed by atoms with E-state index in [1.54, 1.807) is 29.1 Å². The van der Waals surface area contributed by atoms with Crippen LogP contribution in [-0.4, -0.2) is 42.1 Å². The van der Waals surface area contributed by atoms with E-state index in [0.717, 1.165) is 37.4 Å². The van der Waals surface area contributed by atoms with Crippen LogP contribution in [0.5, 0.6) is 0 Å². The van der Waals surface area contributed by atoms with E-state index in [4.69, 9.17) is 16.2 Å². The highest BCUT2D eigenvalue weighted by molar-refractivity contribution is 8.03. The van der Waals surface area contributed by atoms with E-state index in [1.807, 2.05) is 7.05 Å². The molecule has 1 aromatic heterocycles. The zero-order chi connectivity index (χ0) is 21.4. The largest absolute Gasteiger partial charge is 0.392 e. The first-order chi connectivity index (χ1) is 14.4. The van der Waals surface area contributed by atoms with Crippen molar-refractivity contribution in [2.75, 3.05) is 30.0 Å². The summed E-state index contributed by atoms with van der Waals surface area (Å²) in [7, 11) is 3.53. The van der Waals surface area contributed by atoms with Crippen molar-refractivity contribution in [2.24, 2.45) is 18.5 Å². The fourth-order valence-electron chi connectivity index (χ4n) is 4.13. The molecular weight excluding hydrogens is 410 g/mol. The number of methoxy groups -OCH3 is 1. The summed E-state index contributed by atoms with van der Waals surface area (Å²) in [5.41, 5.74) is 13.0. The molecule has 3 heterocycles. The number of thioether (sulfide) groups is 1. The normalized spacial score (nSPS) is 24.8. The predicted molar refractivity (Wildman–Crippen MR) is 115 cm³/mol. The lowest BCUT2D eigenvalue weighted by atomic mass is 10.1. The van der Waals surface area contributed by atoms with Crippen molar-refractivity contribution in [2.45, 2.75) is 30.4 Å². The summed E-state index contributed by atoms with van der Waals surface area (Å²) >= 11 is 1.21. The molecule has 0 amide bonds. The summed E-state index contributed by atoms with van der Waals surface area (Å²) in [4.78, 5) is 3.99. The van der Waals surface area contributed by atoms with Gasteiger partial charge < -0.3 is 26.0 Å². The quantitative estimate of drug-likeness (QED) is 0.762. The van der Waals surface area contributed by atoms with E-state index in [0.29, 0.717) is 5.03 Å². The molecule has 1 fully saturated rings. The zero-order valence-electron chi connectivity index (χ0n) is 17.0. The lowest BCUT2D eigenvalue weighted by molar-refractivity contribution is 0.0781. The van der Waals surface area contributed by atoms with Crippen molar-refractivity contribution < 1.29 is 13.5 Å². The molecule has 0 radical (unpaired) electrons. The third kappa shape index (κ3) is 3.75. The molecule has 0 bridgehead atoms. The Morgan fingerprint density at radius 3 is 2.60 bits per heavy atom. The second kappa shape index (κ2) is 8.44. The minimum Gasteiger partial charge on any atom is -0.392 e. The van der Waals surface area contributed by atoms with Gasteiger partial charge in [0.25, 0.3) is 0 Å². The fraction of sp³-hybridized carbons (Fsp3) is 0.450. The van der Waals surface area contributed by atoms with Gasteiger partial charge in [0.2, 0.25) is 0 Å². The smallest absolute Gasteiger partial charge is 0.150 e. The van der Waals surface area contributed by atoms with Crippen molar-refractivity contribution in [3.05, 3.63) is 52.8 Å². The maximum Gasteiger partial charge on any atom is 0.150 e. The van der Waals surface area contributed by atoms with E-state index >= 15 is 0 Å². The van der Waals surface area contributed by atoms with Crippen molar-refractivity contribution in [3.8, 4) is 0 Å². The van der Waals surface area contributed by atoms with Crippen LogP contribution >= 0.6 is 11.8 Å². The van der Waals surface area contributed by atoms with Crippen molar-refractivity contribution in [3.63, 3.8) is 0 Å². The maximum atomic E-state index is 14.6. The second-order valence-electron chi connectivity index (χ2n) is 7.52. The maximum absolute atomic E-state index is 14.6. The molecule has 7 nitrogen and oxygen atoms in total. The van der Waals surface area contributed by atoms with Gasteiger partial charge in [-0.05, 0) is 25.0 Å². The average Bonchev–Trinajstić information content (AvgIpc) is 3.21. The Morgan fingerprint density at radius 1 is 1.20 bits per heavy atom. The van der Waals surface area contributed by atoms with Gasteiger partial charge >= 0.3 is 0 Å². The number of aromatic nitrogens is 2. The van der Waals surface area contributed by atoms with Crippen LogP contribution < -0.4 is 21.3 Å². The van der Waals surface area contributed by atoms with Crippen LogP contribution in [0.1, 0.15) is 23.8 Å². The Bertz CT molecular complexity index is 931. The number of ether oxygens (including phenoxy) is 1. The minimum absolute atomic E-state index is 0.00943. The van der Waals surface area contributed by atoms with E-state index in [2.05, 4.69) is 10.00 Å². The first-order valence-corrected chi connectivity index (χ1v) is 10.7. The van der Waals surface area contributed by atoms with Crippen LogP contribution in [0.3, 0.4) is 0 Å². The number of hydrogen-bond donors (Lipinski definition) is 2. The Kier molecular flexibility index (Phi) is 5.90. The third-order valence-electron chi connectivity index (χ3n) is 5.68. The molecule has 10 heteroatoms. The zero-order valence-corrected chi connectivity index (χ0v) is 17.8. The van der Waals surface area contributed by atoms with Crippen LogP contribution in [0.2, 0.25) is 0 Å². The topological polar surface area (TPSA) is 85.6 Å². The highest BCUT2D eigenvalue weighted by Crippen LogP contribution is 2.48. The Morgan fingerprint density at radius 2 is 1.90 bits per heavy atom. The number of nitrogens with zero attached hydrogens (tertiary/aromatic N) is 4. The molecule has 2 aliphatic rings. The molecule has 0 saturated carbocycles. The molecule has 1 aromatic carbocycles. The lowest BCUT2D eigenvalue weighted by Gasteiger charge is -2.30. The number of hydrogen-bond acceptors (Lipinski definition) is 7. The average molecular weight is 437 g/mol. The van der Waals surface area contributed by atoms with E-state index in [9.17, 15) is 8.78 Å². The Labute approximate surface area is 178 Å². The minimum atomic E-state index is -0.657. The van der Waals surface area contributed by atoms with Crippen molar-refractivity contribution >= 4 is 23.3 Å². The van der Waals surface area contributed by atoms with Gasteiger partial charge in [-0.25, -0.2) is 8.78 Å². The van der Waals surface area contributed by atoms with Crippen molar-refractivity contribution in [1.29, 1.82) is 0 Å². The first kappa shape index (κ1) is 21.0. The molecule has 1 saturated heterocycles. The van der Waals surface area contributed by atoms with Gasteiger partial charge in [-0.15, -0.1) is 0 Å². The lowest BCUT2D eigenvalue weighted by Crippen LogP contribution is -2.35. The molecule has 162 valence electrons. The van der Waals surface area contributed by atoms with Gasteiger partial charge in [0, 0.05) is 39.5 Å².